The van der Waals surface area contributed by atoms with Gasteiger partial charge in [-0.1, -0.05) is 36.9 Å². The molecule has 0 aliphatic carbocycles. The van der Waals surface area contributed by atoms with Gasteiger partial charge in [0.2, 0.25) is 0 Å². The van der Waals surface area contributed by atoms with Crippen LogP contribution in [0.3, 0.4) is 0 Å². The highest BCUT2D eigenvalue weighted by Gasteiger charge is 2.26. The second-order valence-electron chi connectivity index (χ2n) is 6.79. The van der Waals surface area contributed by atoms with E-state index in [1.165, 1.54) is 0 Å². The third-order valence-electron chi connectivity index (χ3n) is 4.67. The first-order chi connectivity index (χ1) is 14.1. The number of aromatic nitrogens is 2. The standard InChI is InChI=1S/C22H22N2O3S2/c1-14-9-19-20(29-14)21(25)24(16-7-5-4-6-8-16)22(23-19)28-13-15-10-17(26-2)12-18(11-15)27-3/h4-8,10-12,14H,9,13H2,1-3H3. The van der Waals surface area contributed by atoms with Crippen molar-refractivity contribution in [2.45, 2.75) is 34.4 Å². The molecule has 2 heterocycles. The van der Waals surface area contributed by atoms with E-state index in [9.17, 15) is 4.79 Å². The summed E-state index contributed by atoms with van der Waals surface area (Å²) >= 11 is 3.17. The minimum absolute atomic E-state index is 0.0151. The summed E-state index contributed by atoms with van der Waals surface area (Å²) in [4.78, 5) is 18.9. The van der Waals surface area contributed by atoms with Gasteiger partial charge in [0.05, 0.1) is 30.5 Å². The number of fused-ring (bicyclic) bond motifs is 1. The van der Waals surface area contributed by atoms with Crippen molar-refractivity contribution in [3.8, 4) is 17.2 Å². The van der Waals surface area contributed by atoms with Crippen LogP contribution in [0.2, 0.25) is 0 Å². The van der Waals surface area contributed by atoms with Crippen LogP contribution in [-0.2, 0) is 12.2 Å². The maximum absolute atomic E-state index is 13.3. The molecule has 4 rings (SSSR count). The number of ether oxygens (including phenoxy) is 2. The molecule has 1 aliphatic rings. The van der Waals surface area contributed by atoms with Gasteiger partial charge in [-0.15, -0.1) is 11.8 Å². The smallest absolute Gasteiger partial charge is 0.272 e. The Morgan fingerprint density at radius 3 is 2.48 bits per heavy atom. The van der Waals surface area contributed by atoms with Gasteiger partial charge in [0.25, 0.3) is 5.56 Å². The lowest BCUT2D eigenvalue weighted by Gasteiger charge is -2.14. The summed E-state index contributed by atoms with van der Waals surface area (Å²) in [6.45, 7) is 2.13. The summed E-state index contributed by atoms with van der Waals surface area (Å²) in [6, 6.07) is 15.5. The van der Waals surface area contributed by atoms with E-state index in [1.807, 2.05) is 48.5 Å². The molecule has 3 aromatic rings. The zero-order chi connectivity index (χ0) is 20.4. The van der Waals surface area contributed by atoms with E-state index in [0.29, 0.717) is 16.2 Å². The third kappa shape index (κ3) is 4.16. The molecule has 7 heteroatoms. The second-order valence-corrected chi connectivity index (χ2v) is 9.18. The highest BCUT2D eigenvalue weighted by Crippen LogP contribution is 2.35. The second kappa shape index (κ2) is 8.55. The molecule has 0 saturated heterocycles. The Morgan fingerprint density at radius 2 is 1.83 bits per heavy atom. The molecular weight excluding hydrogens is 404 g/mol. The molecule has 0 radical (unpaired) electrons. The van der Waals surface area contributed by atoms with Crippen LogP contribution >= 0.6 is 23.5 Å². The maximum Gasteiger partial charge on any atom is 0.272 e. The van der Waals surface area contributed by atoms with E-state index < -0.39 is 0 Å². The highest BCUT2D eigenvalue weighted by atomic mass is 32.2. The van der Waals surface area contributed by atoms with Crippen LogP contribution in [-0.4, -0.2) is 29.0 Å². The minimum atomic E-state index is 0.0151. The summed E-state index contributed by atoms with van der Waals surface area (Å²) in [7, 11) is 3.28. The van der Waals surface area contributed by atoms with Gasteiger partial charge in [-0.25, -0.2) is 4.98 Å². The van der Waals surface area contributed by atoms with E-state index in [2.05, 4.69) is 6.92 Å². The third-order valence-corrected chi connectivity index (χ3v) is 6.90. The first kappa shape index (κ1) is 19.9. The van der Waals surface area contributed by atoms with Crippen LogP contribution in [0, 0.1) is 0 Å². The van der Waals surface area contributed by atoms with E-state index in [0.717, 1.165) is 39.8 Å². The van der Waals surface area contributed by atoms with Crippen molar-refractivity contribution in [3.05, 3.63) is 70.1 Å². The maximum atomic E-state index is 13.3. The molecule has 1 atom stereocenters. The van der Waals surface area contributed by atoms with E-state index >= 15 is 0 Å². The molecule has 0 spiro atoms. The molecule has 1 aliphatic heterocycles. The Kier molecular flexibility index (Phi) is 5.87. The molecule has 0 amide bonds. The average Bonchev–Trinajstić information content (AvgIpc) is 3.13. The SMILES string of the molecule is COc1cc(CSc2nc3c(c(=O)n2-c2ccccc2)SC(C)C3)cc(OC)c1. The van der Waals surface area contributed by atoms with Crippen LogP contribution < -0.4 is 15.0 Å². The van der Waals surface area contributed by atoms with Crippen LogP contribution in [0.1, 0.15) is 18.2 Å². The topological polar surface area (TPSA) is 53.3 Å². The summed E-state index contributed by atoms with van der Waals surface area (Å²) in [5.74, 6) is 2.13. The lowest BCUT2D eigenvalue weighted by molar-refractivity contribution is 0.393. The van der Waals surface area contributed by atoms with E-state index in [4.69, 9.17) is 14.5 Å². The molecule has 0 fully saturated rings. The molecule has 5 nitrogen and oxygen atoms in total. The predicted molar refractivity (Wildman–Crippen MR) is 118 cm³/mol. The Bertz CT molecular complexity index is 1060. The van der Waals surface area contributed by atoms with Gasteiger partial charge in [-0.2, -0.15) is 0 Å². The lowest BCUT2D eigenvalue weighted by atomic mass is 10.2. The van der Waals surface area contributed by atoms with Crippen molar-refractivity contribution in [3.63, 3.8) is 0 Å². The van der Waals surface area contributed by atoms with Crippen LogP contribution in [0.5, 0.6) is 11.5 Å². The van der Waals surface area contributed by atoms with Gasteiger partial charge >= 0.3 is 0 Å². The minimum Gasteiger partial charge on any atom is -0.497 e. The first-order valence-corrected chi connectivity index (χ1v) is 11.2. The summed E-state index contributed by atoms with van der Waals surface area (Å²) < 4.78 is 12.5. The van der Waals surface area contributed by atoms with Crippen LogP contribution in [0.25, 0.3) is 5.69 Å². The van der Waals surface area contributed by atoms with Crippen LogP contribution in [0.15, 0.2) is 63.4 Å². The number of thioether (sulfide) groups is 2. The molecular formula is C22H22N2O3S2. The van der Waals surface area contributed by atoms with Crippen molar-refractivity contribution in [1.29, 1.82) is 0 Å². The summed E-state index contributed by atoms with van der Waals surface area (Å²) in [6.07, 6.45) is 0.825. The number of para-hydroxylation sites is 1. The Balaban J connectivity index is 1.73. The van der Waals surface area contributed by atoms with Gasteiger partial charge in [-0.05, 0) is 29.8 Å². The van der Waals surface area contributed by atoms with Gasteiger partial charge in [0.1, 0.15) is 11.5 Å². The molecule has 0 N–H and O–H groups in total. The molecule has 1 aromatic heterocycles. The summed E-state index contributed by atoms with van der Waals surface area (Å²) in [5.41, 5.74) is 2.80. The molecule has 1 unspecified atom stereocenters. The highest BCUT2D eigenvalue weighted by molar-refractivity contribution is 8.00. The lowest BCUT2D eigenvalue weighted by Crippen LogP contribution is -2.23. The summed E-state index contributed by atoms with van der Waals surface area (Å²) in [5, 5.41) is 1.08. The molecule has 150 valence electrons. The number of hydrogen-bond donors (Lipinski definition) is 0. The molecule has 29 heavy (non-hydrogen) atoms. The van der Waals surface area contributed by atoms with Gasteiger partial charge in [0.15, 0.2) is 5.16 Å². The average molecular weight is 427 g/mol. The zero-order valence-electron chi connectivity index (χ0n) is 16.5. The van der Waals surface area contributed by atoms with Gasteiger partial charge < -0.3 is 9.47 Å². The van der Waals surface area contributed by atoms with Crippen molar-refractivity contribution in [1.82, 2.24) is 9.55 Å². The molecule has 0 bridgehead atoms. The number of benzene rings is 2. The Hall–Kier alpha value is -2.38. The van der Waals surface area contributed by atoms with Gasteiger partial charge in [0, 0.05) is 23.5 Å². The largest absolute Gasteiger partial charge is 0.497 e. The Morgan fingerprint density at radius 1 is 1.14 bits per heavy atom. The first-order valence-electron chi connectivity index (χ1n) is 9.31. The number of hydrogen-bond acceptors (Lipinski definition) is 6. The van der Waals surface area contributed by atoms with Crippen molar-refractivity contribution >= 4 is 23.5 Å². The number of methoxy groups -OCH3 is 2. The van der Waals surface area contributed by atoms with E-state index in [1.54, 1.807) is 42.3 Å². The number of nitrogens with zero attached hydrogens (tertiary/aromatic N) is 2. The van der Waals surface area contributed by atoms with E-state index in [-0.39, 0.29) is 5.56 Å². The van der Waals surface area contributed by atoms with Crippen LogP contribution in [0.4, 0.5) is 0 Å². The normalized spacial score (nSPS) is 15.2. The molecule has 2 aromatic carbocycles. The van der Waals surface area contributed by atoms with Crippen molar-refractivity contribution < 1.29 is 9.47 Å². The zero-order valence-corrected chi connectivity index (χ0v) is 18.2. The van der Waals surface area contributed by atoms with Gasteiger partial charge in [-0.3, -0.25) is 9.36 Å². The molecule has 0 saturated carbocycles. The quantitative estimate of drug-likeness (QED) is 0.425. The van der Waals surface area contributed by atoms with Crippen molar-refractivity contribution in [2.24, 2.45) is 0 Å². The fraction of sp³-hybridized carbons (Fsp3) is 0.273. The van der Waals surface area contributed by atoms with Crippen molar-refractivity contribution in [2.75, 3.05) is 14.2 Å². The predicted octanol–water partition coefficient (Wildman–Crippen LogP) is 4.58. The Labute approximate surface area is 178 Å². The fourth-order valence-electron chi connectivity index (χ4n) is 3.30. The monoisotopic (exact) mass is 426 g/mol. The number of rotatable bonds is 6. The fourth-order valence-corrected chi connectivity index (χ4v) is 5.35.